The zero-order chi connectivity index (χ0) is 16.2. The highest BCUT2D eigenvalue weighted by Crippen LogP contribution is 2.38. The maximum absolute atomic E-state index is 2.35. The Balaban J connectivity index is 2.11. The van der Waals surface area contributed by atoms with E-state index in [4.69, 9.17) is 0 Å². The molecule has 0 radical (unpaired) electrons. The topological polar surface area (TPSA) is 8.81 Å². The Morgan fingerprint density at radius 2 is 1.77 bits per heavy atom. The van der Waals surface area contributed by atoms with Crippen LogP contribution in [-0.2, 0) is 13.1 Å². The number of hydrogen-bond donors (Lipinski definition) is 0. The Labute approximate surface area is 135 Å². The summed E-state index contributed by atoms with van der Waals surface area (Å²) in [4.78, 5) is 0. The molecule has 0 aliphatic heterocycles. The Morgan fingerprint density at radius 3 is 2.27 bits per heavy atom. The van der Waals surface area contributed by atoms with Crippen LogP contribution < -0.4 is 4.57 Å². The first-order valence-electron chi connectivity index (χ1n) is 8.57. The molecule has 2 rings (SSSR count). The van der Waals surface area contributed by atoms with Gasteiger partial charge in [0.25, 0.3) is 0 Å². The van der Waals surface area contributed by atoms with Gasteiger partial charge in [-0.15, -0.1) is 0 Å². The summed E-state index contributed by atoms with van der Waals surface area (Å²) in [5, 5.41) is 0. The molecule has 1 unspecified atom stereocenters. The van der Waals surface area contributed by atoms with Crippen molar-refractivity contribution in [1.82, 2.24) is 4.57 Å². The van der Waals surface area contributed by atoms with E-state index >= 15 is 0 Å². The van der Waals surface area contributed by atoms with E-state index in [9.17, 15) is 0 Å². The maximum Gasteiger partial charge on any atom is 0.244 e. The van der Waals surface area contributed by atoms with Gasteiger partial charge < -0.3 is 0 Å². The average molecular weight is 299 g/mol. The van der Waals surface area contributed by atoms with Crippen LogP contribution in [0, 0.1) is 5.41 Å². The zero-order valence-corrected chi connectivity index (χ0v) is 14.8. The SMILES string of the molecule is CCCC(c1ccc(C[n+]2ccn(CC)c2)cc1)C(C)(C)C. The van der Waals surface area contributed by atoms with Crippen molar-refractivity contribution in [2.75, 3.05) is 0 Å². The molecule has 1 aromatic heterocycles. The van der Waals surface area contributed by atoms with E-state index in [0.29, 0.717) is 11.3 Å². The molecule has 120 valence electrons. The highest BCUT2D eigenvalue weighted by atomic mass is 15.1. The molecule has 0 aliphatic rings. The first kappa shape index (κ1) is 16.8. The average Bonchev–Trinajstić information content (AvgIpc) is 2.92. The van der Waals surface area contributed by atoms with Gasteiger partial charge in [-0.25, -0.2) is 9.13 Å². The summed E-state index contributed by atoms with van der Waals surface area (Å²) in [6.07, 6.45) is 8.95. The van der Waals surface area contributed by atoms with Gasteiger partial charge in [0.15, 0.2) is 0 Å². The van der Waals surface area contributed by atoms with Crippen molar-refractivity contribution in [3.05, 3.63) is 54.1 Å². The molecule has 22 heavy (non-hydrogen) atoms. The van der Waals surface area contributed by atoms with E-state index < -0.39 is 0 Å². The largest absolute Gasteiger partial charge is 0.244 e. The van der Waals surface area contributed by atoms with Gasteiger partial charge in [-0.3, -0.25) is 0 Å². The molecular weight excluding hydrogens is 268 g/mol. The molecule has 2 heteroatoms. The van der Waals surface area contributed by atoms with E-state index in [1.54, 1.807) is 0 Å². The van der Waals surface area contributed by atoms with E-state index in [0.717, 1.165) is 13.1 Å². The second-order valence-electron chi connectivity index (χ2n) is 7.37. The highest BCUT2D eigenvalue weighted by Gasteiger charge is 2.25. The summed E-state index contributed by atoms with van der Waals surface area (Å²) in [5.41, 5.74) is 3.17. The van der Waals surface area contributed by atoms with E-state index in [1.807, 2.05) is 0 Å². The summed E-state index contributed by atoms with van der Waals surface area (Å²) >= 11 is 0. The van der Waals surface area contributed by atoms with Crippen LogP contribution in [0.15, 0.2) is 43.0 Å². The predicted octanol–water partition coefficient (Wildman–Crippen LogP) is 4.77. The van der Waals surface area contributed by atoms with Gasteiger partial charge in [-0.2, -0.15) is 0 Å². The molecule has 2 aromatic rings. The van der Waals surface area contributed by atoms with Crippen LogP contribution in [0.25, 0.3) is 0 Å². The Bertz CT molecular complexity index is 572. The summed E-state index contributed by atoms with van der Waals surface area (Å²) in [6, 6.07) is 9.25. The van der Waals surface area contributed by atoms with Crippen LogP contribution in [0.2, 0.25) is 0 Å². The van der Waals surface area contributed by atoms with Gasteiger partial charge in [-0.1, -0.05) is 58.4 Å². The minimum absolute atomic E-state index is 0.324. The summed E-state index contributed by atoms with van der Waals surface area (Å²) < 4.78 is 4.44. The molecule has 1 heterocycles. The Kier molecular flexibility index (Phi) is 5.44. The van der Waals surface area contributed by atoms with Crippen LogP contribution in [0.5, 0.6) is 0 Å². The first-order chi connectivity index (χ1) is 10.4. The fourth-order valence-electron chi connectivity index (χ4n) is 3.17. The summed E-state index contributed by atoms with van der Waals surface area (Å²) in [6.45, 7) is 13.5. The smallest absolute Gasteiger partial charge is 0.237 e. The van der Waals surface area contributed by atoms with Crippen molar-refractivity contribution in [3.63, 3.8) is 0 Å². The molecule has 0 fully saturated rings. The first-order valence-corrected chi connectivity index (χ1v) is 8.57. The summed E-state index contributed by atoms with van der Waals surface area (Å²) in [5.74, 6) is 0.639. The van der Waals surface area contributed by atoms with Gasteiger partial charge in [0.1, 0.15) is 18.9 Å². The molecular formula is C20H31N2+. The number of rotatable bonds is 6. The molecule has 0 amide bonds. The molecule has 0 bridgehead atoms. The second kappa shape index (κ2) is 7.13. The van der Waals surface area contributed by atoms with E-state index in [-0.39, 0.29) is 0 Å². The normalized spacial score (nSPS) is 13.3. The molecule has 2 nitrogen and oxygen atoms in total. The van der Waals surface area contributed by atoms with Crippen molar-refractivity contribution in [2.45, 2.75) is 66.5 Å². The monoisotopic (exact) mass is 299 g/mol. The molecule has 0 spiro atoms. The maximum atomic E-state index is 2.35. The van der Waals surface area contributed by atoms with Crippen molar-refractivity contribution < 1.29 is 4.57 Å². The van der Waals surface area contributed by atoms with Crippen molar-refractivity contribution in [3.8, 4) is 0 Å². The molecule has 1 atom stereocenters. The van der Waals surface area contributed by atoms with Crippen LogP contribution in [0.3, 0.4) is 0 Å². The van der Waals surface area contributed by atoms with Crippen LogP contribution in [0.1, 0.15) is 64.5 Å². The van der Waals surface area contributed by atoms with E-state index in [2.05, 4.69) is 86.7 Å². The Morgan fingerprint density at radius 1 is 1.09 bits per heavy atom. The quantitative estimate of drug-likeness (QED) is 0.679. The fourth-order valence-corrected chi connectivity index (χ4v) is 3.17. The Hall–Kier alpha value is -1.57. The zero-order valence-electron chi connectivity index (χ0n) is 14.8. The molecule has 0 N–H and O–H groups in total. The van der Waals surface area contributed by atoms with Crippen LogP contribution >= 0.6 is 0 Å². The van der Waals surface area contributed by atoms with Gasteiger partial charge in [0, 0.05) is 0 Å². The third-order valence-electron chi connectivity index (χ3n) is 4.48. The molecule has 1 aromatic carbocycles. The van der Waals surface area contributed by atoms with Crippen molar-refractivity contribution in [2.24, 2.45) is 5.41 Å². The summed E-state index contributed by atoms with van der Waals surface area (Å²) in [7, 11) is 0. The highest BCUT2D eigenvalue weighted by molar-refractivity contribution is 5.26. The number of imidazole rings is 1. The van der Waals surface area contributed by atoms with Gasteiger partial charge >= 0.3 is 0 Å². The fraction of sp³-hybridized carbons (Fsp3) is 0.550. The number of hydrogen-bond acceptors (Lipinski definition) is 0. The number of aryl methyl sites for hydroxylation is 1. The third kappa shape index (κ3) is 4.22. The lowest BCUT2D eigenvalue weighted by molar-refractivity contribution is -0.687. The van der Waals surface area contributed by atoms with Crippen molar-refractivity contribution >= 4 is 0 Å². The second-order valence-corrected chi connectivity index (χ2v) is 7.37. The van der Waals surface area contributed by atoms with Crippen LogP contribution in [0.4, 0.5) is 0 Å². The number of aromatic nitrogens is 2. The van der Waals surface area contributed by atoms with Crippen molar-refractivity contribution in [1.29, 1.82) is 0 Å². The third-order valence-corrected chi connectivity index (χ3v) is 4.48. The van der Waals surface area contributed by atoms with Gasteiger partial charge in [0.05, 0.1) is 6.54 Å². The number of nitrogens with zero attached hydrogens (tertiary/aromatic N) is 2. The van der Waals surface area contributed by atoms with Gasteiger partial charge in [-0.05, 0) is 35.8 Å². The van der Waals surface area contributed by atoms with E-state index in [1.165, 1.54) is 24.0 Å². The minimum Gasteiger partial charge on any atom is -0.237 e. The standard InChI is InChI=1S/C20H31N2/c1-6-8-19(20(3,4)5)18-11-9-17(10-12-18)15-22-14-13-21(7-2)16-22/h9-14,16,19H,6-8,15H2,1-5H3/q+1. The minimum atomic E-state index is 0.324. The lowest BCUT2D eigenvalue weighted by Gasteiger charge is -2.31. The lowest BCUT2D eigenvalue weighted by atomic mass is 9.74. The number of benzene rings is 1. The predicted molar refractivity (Wildman–Crippen MR) is 92.9 cm³/mol. The molecule has 0 saturated carbocycles. The molecule has 0 aliphatic carbocycles. The van der Waals surface area contributed by atoms with Crippen LogP contribution in [-0.4, -0.2) is 4.57 Å². The van der Waals surface area contributed by atoms with Gasteiger partial charge in [0.2, 0.25) is 6.33 Å². The molecule has 0 saturated heterocycles. The lowest BCUT2D eigenvalue weighted by Crippen LogP contribution is -2.31.